The lowest BCUT2D eigenvalue weighted by Crippen LogP contribution is -2.05. The number of ether oxygens (including phenoxy) is 2. The Morgan fingerprint density at radius 1 is 1.38 bits per heavy atom. The topological polar surface area (TPSA) is 61.6 Å². The predicted molar refractivity (Wildman–Crippen MR) is 73.8 cm³/mol. The average Bonchev–Trinajstić information content (AvgIpc) is 2.91. The summed E-state index contributed by atoms with van der Waals surface area (Å²) in [7, 11) is 1.39. The summed E-state index contributed by atoms with van der Waals surface area (Å²) < 4.78 is 28.9. The number of aryl methyl sites for hydroxylation is 1. The number of hydrogen-bond acceptors (Lipinski definition) is 5. The SMILES string of the molecule is CCOC(=O)c1oc(-c2ccc(OC)c(F)c2)nc1CC. The molecule has 1 aromatic heterocycles. The van der Waals surface area contributed by atoms with Gasteiger partial charge in [-0.3, -0.25) is 0 Å². The zero-order chi connectivity index (χ0) is 15.4. The highest BCUT2D eigenvalue weighted by atomic mass is 19.1. The molecule has 2 aromatic rings. The third kappa shape index (κ3) is 3.04. The highest BCUT2D eigenvalue weighted by Crippen LogP contribution is 2.27. The van der Waals surface area contributed by atoms with Crippen LogP contribution in [0, 0.1) is 5.82 Å². The highest BCUT2D eigenvalue weighted by molar-refractivity contribution is 5.88. The molecule has 0 radical (unpaired) electrons. The molecule has 0 amide bonds. The molecule has 1 heterocycles. The summed E-state index contributed by atoms with van der Waals surface area (Å²) >= 11 is 0. The van der Waals surface area contributed by atoms with Crippen molar-refractivity contribution in [1.29, 1.82) is 0 Å². The van der Waals surface area contributed by atoms with Gasteiger partial charge in [0, 0.05) is 5.56 Å². The molecule has 0 N–H and O–H groups in total. The standard InChI is InChI=1S/C15H16FNO4/c1-4-11-13(15(18)20-5-2)21-14(17-11)9-6-7-12(19-3)10(16)8-9/h6-8H,4-5H2,1-3H3. The third-order valence-electron chi connectivity index (χ3n) is 2.89. The van der Waals surface area contributed by atoms with Crippen molar-refractivity contribution in [3.63, 3.8) is 0 Å². The van der Waals surface area contributed by atoms with Crippen LogP contribution < -0.4 is 4.74 Å². The second-order valence-corrected chi connectivity index (χ2v) is 4.22. The molecule has 0 saturated carbocycles. The van der Waals surface area contributed by atoms with Crippen LogP contribution in [0.1, 0.15) is 30.1 Å². The first-order valence-corrected chi connectivity index (χ1v) is 6.61. The fourth-order valence-corrected chi connectivity index (χ4v) is 1.87. The summed E-state index contributed by atoms with van der Waals surface area (Å²) in [5, 5.41) is 0. The van der Waals surface area contributed by atoms with E-state index in [-0.39, 0.29) is 24.0 Å². The zero-order valence-electron chi connectivity index (χ0n) is 12.1. The number of oxazole rings is 1. The maximum absolute atomic E-state index is 13.7. The number of methoxy groups -OCH3 is 1. The number of aromatic nitrogens is 1. The molecule has 0 aliphatic rings. The van der Waals surface area contributed by atoms with Crippen LogP contribution in [0.4, 0.5) is 4.39 Å². The van der Waals surface area contributed by atoms with Crippen LogP contribution in [0.3, 0.4) is 0 Å². The highest BCUT2D eigenvalue weighted by Gasteiger charge is 2.21. The van der Waals surface area contributed by atoms with Gasteiger partial charge in [-0.25, -0.2) is 14.2 Å². The lowest BCUT2D eigenvalue weighted by atomic mass is 10.2. The van der Waals surface area contributed by atoms with Gasteiger partial charge in [0.25, 0.3) is 0 Å². The van der Waals surface area contributed by atoms with Crippen LogP contribution in [0.2, 0.25) is 0 Å². The Morgan fingerprint density at radius 3 is 2.71 bits per heavy atom. The fraction of sp³-hybridized carbons (Fsp3) is 0.333. The lowest BCUT2D eigenvalue weighted by molar-refractivity contribution is 0.0489. The van der Waals surface area contributed by atoms with E-state index in [0.717, 1.165) is 0 Å². The molecule has 0 spiro atoms. The van der Waals surface area contributed by atoms with E-state index in [1.54, 1.807) is 13.0 Å². The number of nitrogens with zero attached hydrogens (tertiary/aromatic N) is 1. The monoisotopic (exact) mass is 293 g/mol. The van der Waals surface area contributed by atoms with Crippen molar-refractivity contribution in [1.82, 2.24) is 4.98 Å². The van der Waals surface area contributed by atoms with E-state index in [0.29, 0.717) is 17.7 Å². The van der Waals surface area contributed by atoms with Gasteiger partial charge in [-0.2, -0.15) is 0 Å². The van der Waals surface area contributed by atoms with Crippen LogP contribution in [0.5, 0.6) is 5.75 Å². The molecular weight excluding hydrogens is 277 g/mol. The van der Waals surface area contributed by atoms with Gasteiger partial charge in [-0.1, -0.05) is 6.92 Å². The van der Waals surface area contributed by atoms with Crippen molar-refractivity contribution in [3.8, 4) is 17.2 Å². The quantitative estimate of drug-likeness (QED) is 0.792. The number of carbonyl (C=O) groups excluding carboxylic acids is 1. The maximum atomic E-state index is 13.7. The Bertz CT molecular complexity index is 651. The van der Waals surface area contributed by atoms with E-state index in [2.05, 4.69) is 4.98 Å². The molecule has 0 aliphatic heterocycles. The largest absolute Gasteiger partial charge is 0.494 e. The molecule has 5 nitrogen and oxygen atoms in total. The summed E-state index contributed by atoms with van der Waals surface area (Å²) in [6.07, 6.45) is 0.510. The number of carbonyl (C=O) groups is 1. The van der Waals surface area contributed by atoms with Gasteiger partial charge >= 0.3 is 5.97 Å². The van der Waals surface area contributed by atoms with E-state index in [1.165, 1.54) is 19.2 Å². The molecule has 2 rings (SSSR count). The second kappa shape index (κ2) is 6.39. The maximum Gasteiger partial charge on any atom is 0.376 e. The first kappa shape index (κ1) is 15.0. The van der Waals surface area contributed by atoms with Crippen LogP contribution >= 0.6 is 0 Å². The van der Waals surface area contributed by atoms with E-state index < -0.39 is 11.8 Å². The molecule has 1 aromatic carbocycles. The molecule has 6 heteroatoms. The van der Waals surface area contributed by atoms with Crippen molar-refractivity contribution in [3.05, 3.63) is 35.5 Å². The van der Waals surface area contributed by atoms with Crippen molar-refractivity contribution < 1.29 is 23.1 Å². The summed E-state index contributed by atoms with van der Waals surface area (Å²) in [5.41, 5.74) is 0.915. The van der Waals surface area contributed by atoms with Crippen LogP contribution in [-0.2, 0) is 11.2 Å². The molecule has 0 saturated heterocycles. The van der Waals surface area contributed by atoms with Gasteiger partial charge in [-0.15, -0.1) is 0 Å². The van der Waals surface area contributed by atoms with Gasteiger partial charge < -0.3 is 13.9 Å². The van der Waals surface area contributed by atoms with Gasteiger partial charge in [0.15, 0.2) is 11.6 Å². The smallest absolute Gasteiger partial charge is 0.376 e. The van der Waals surface area contributed by atoms with Gasteiger partial charge in [0.1, 0.15) is 0 Å². The molecule has 112 valence electrons. The Balaban J connectivity index is 2.41. The minimum absolute atomic E-state index is 0.0607. The minimum Gasteiger partial charge on any atom is -0.494 e. The second-order valence-electron chi connectivity index (χ2n) is 4.22. The molecular formula is C15H16FNO4. The Kier molecular flexibility index (Phi) is 4.57. The molecule has 0 bridgehead atoms. The zero-order valence-corrected chi connectivity index (χ0v) is 12.1. The number of esters is 1. The van der Waals surface area contributed by atoms with Crippen LogP contribution in [-0.4, -0.2) is 24.7 Å². The fourth-order valence-electron chi connectivity index (χ4n) is 1.87. The first-order chi connectivity index (χ1) is 10.1. The summed E-state index contributed by atoms with van der Waals surface area (Å²) in [6, 6.07) is 4.34. The molecule has 0 fully saturated rings. The Labute approximate surface area is 121 Å². The Hall–Kier alpha value is -2.37. The normalized spacial score (nSPS) is 10.5. The third-order valence-corrected chi connectivity index (χ3v) is 2.89. The Morgan fingerprint density at radius 2 is 2.14 bits per heavy atom. The van der Waals surface area contributed by atoms with E-state index in [4.69, 9.17) is 13.9 Å². The van der Waals surface area contributed by atoms with E-state index in [1.807, 2.05) is 6.92 Å². The molecule has 0 atom stereocenters. The van der Waals surface area contributed by atoms with Crippen molar-refractivity contribution in [2.24, 2.45) is 0 Å². The number of rotatable bonds is 5. The molecule has 0 aliphatic carbocycles. The first-order valence-electron chi connectivity index (χ1n) is 6.61. The van der Waals surface area contributed by atoms with Gasteiger partial charge in [0.05, 0.1) is 19.4 Å². The molecule has 21 heavy (non-hydrogen) atoms. The van der Waals surface area contributed by atoms with E-state index >= 15 is 0 Å². The van der Waals surface area contributed by atoms with Crippen LogP contribution in [0.15, 0.2) is 22.6 Å². The molecule has 0 unspecified atom stereocenters. The van der Waals surface area contributed by atoms with Crippen molar-refractivity contribution >= 4 is 5.97 Å². The van der Waals surface area contributed by atoms with Gasteiger partial charge in [-0.05, 0) is 31.5 Å². The predicted octanol–water partition coefficient (Wildman–Crippen LogP) is 3.23. The van der Waals surface area contributed by atoms with Gasteiger partial charge in [0.2, 0.25) is 11.7 Å². The lowest BCUT2D eigenvalue weighted by Gasteiger charge is -2.02. The summed E-state index contributed by atoms with van der Waals surface area (Å²) in [6.45, 7) is 3.80. The number of halogens is 1. The van der Waals surface area contributed by atoms with E-state index in [9.17, 15) is 9.18 Å². The minimum atomic E-state index is -0.568. The summed E-state index contributed by atoms with van der Waals surface area (Å²) in [5.74, 6) is -0.723. The average molecular weight is 293 g/mol. The van der Waals surface area contributed by atoms with Crippen molar-refractivity contribution in [2.75, 3.05) is 13.7 Å². The summed E-state index contributed by atoms with van der Waals surface area (Å²) in [4.78, 5) is 16.0. The van der Waals surface area contributed by atoms with Crippen molar-refractivity contribution in [2.45, 2.75) is 20.3 Å². The number of hydrogen-bond donors (Lipinski definition) is 0. The van der Waals surface area contributed by atoms with Crippen LogP contribution in [0.25, 0.3) is 11.5 Å². The number of benzene rings is 1.